The second-order valence-electron chi connectivity index (χ2n) is 7.34. The predicted molar refractivity (Wildman–Crippen MR) is 118 cm³/mol. The Labute approximate surface area is 182 Å². The summed E-state index contributed by atoms with van der Waals surface area (Å²) in [7, 11) is 0. The fourth-order valence-electron chi connectivity index (χ4n) is 3.82. The number of fused-ring (bicyclic) bond motifs is 1. The summed E-state index contributed by atoms with van der Waals surface area (Å²) in [6.07, 6.45) is 1.78. The number of urea groups is 1. The number of anilines is 1. The summed E-state index contributed by atoms with van der Waals surface area (Å²) in [5, 5.41) is 8.48. The van der Waals surface area contributed by atoms with Crippen LogP contribution in [0.1, 0.15) is 32.9 Å². The highest BCUT2D eigenvalue weighted by molar-refractivity contribution is 9.10. The molecule has 156 valence electrons. The molecule has 8 nitrogen and oxygen atoms in total. The van der Waals surface area contributed by atoms with E-state index in [-0.39, 0.29) is 17.8 Å². The van der Waals surface area contributed by atoms with Crippen molar-refractivity contribution in [3.63, 3.8) is 0 Å². The molecule has 0 bridgehead atoms. The average molecular weight is 472 g/mol. The van der Waals surface area contributed by atoms with Crippen molar-refractivity contribution in [1.82, 2.24) is 20.5 Å². The van der Waals surface area contributed by atoms with Crippen LogP contribution >= 0.6 is 15.9 Å². The number of aryl methyl sites for hydroxylation is 1. The van der Waals surface area contributed by atoms with Gasteiger partial charge in [-0.2, -0.15) is 0 Å². The van der Waals surface area contributed by atoms with Gasteiger partial charge in [0.05, 0.1) is 11.1 Å². The third kappa shape index (κ3) is 3.72. The molecule has 2 aliphatic heterocycles. The molecule has 2 aromatic rings. The van der Waals surface area contributed by atoms with Gasteiger partial charge in [0.15, 0.2) is 0 Å². The van der Waals surface area contributed by atoms with Gasteiger partial charge < -0.3 is 25.8 Å². The molecule has 9 heteroatoms. The minimum absolute atomic E-state index is 0.103. The van der Waals surface area contributed by atoms with Crippen molar-refractivity contribution < 1.29 is 14.4 Å². The van der Waals surface area contributed by atoms with E-state index in [0.717, 1.165) is 32.7 Å². The first kappa shape index (κ1) is 20.2. The lowest BCUT2D eigenvalue weighted by molar-refractivity contribution is -0.110. The summed E-state index contributed by atoms with van der Waals surface area (Å²) in [6.45, 7) is 5.80. The van der Waals surface area contributed by atoms with Gasteiger partial charge in [0, 0.05) is 53.3 Å². The number of nitrogens with zero attached hydrogens (tertiary/aromatic N) is 1. The van der Waals surface area contributed by atoms with Crippen molar-refractivity contribution in [2.75, 3.05) is 31.5 Å². The first-order valence-corrected chi connectivity index (χ1v) is 10.5. The SMILES string of the molecule is Cc1[nH]c(/C=C2\C(=O)Nc3ccc(Br)cc32)c(C)c1C(=O)NCCN1CCNC1=O. The van der Waals surface area contributed by atoms with Crippen LogP contribution in [-0.4, -0.2) is 53.9 Å². The number of nitrogens with one attached hydrogen (secondary N) is 4. The van der Waals surface area contributed by atoms with Gasteiger partial charge in [-0.3, -0.25) is 9.59 Å². The van der Waals surface area contributed by atoms with Gasteiger partial charge in [0.1, 0.15) is 0 Å². The van der Waals surface area contributed by atoms with E-state index in [9.17, 15) is 14.4 Å². The average Bonchev–Trinajstić information content (AvgIpc) is 3.32. The Morgan fingerprint density at radius 1 is 1.30 bits per heavy atom. The number of hydrogen-bond acceptors (Lipinski definition) is 3. The molecule has 30 heavy (non-hydrogen) atoms. The molecule has 0 unspecified atom stereocenters. The molecule has 3 heterocycles. The Kier molecular flexibility index (Phi) is 5.38. The number of aromatic nitrogens is 1. The fourth-order valence-corrected chi connectivity index (χ4v) is 4.19. The lowest BCUT2D eigenvalue weighted by atomic mass is 10.0. The van der Waals surface area contributed by atoms with E-state index in [1.807, 2.05) is 32.0 Å². The van der Waals surface area contributed by atoms with E-state index in [1.54, 1.807) is 11.0 Å². The maximum Gasteiger partial charge on any atom is 0.317 e. The van der Waals surface area contributed by atoms with Crippen LogP contribution in [0.4, 0.5) is 10.5 Å². The number of H-pyrrole nitrogens is 1. The molecule has 4 N–H and O–H groups in total. The molecule has 4 amide bonds. The van der Waals surface area contributed by atoms with Crippen molar-refractivity contribution >= 4 is 51.1 Å². The molecule has 2 aliphatic rings. The third-order valence-corrected chi connectivity index (χ3v) is 5.86. The van der Waals surface area contributed by atoms with Gasteiger partial charge in [-0.25, -0.2) is 4.79 Å². The van der Waals surface area contributed by atoms with Crippen molar-refractivity contribution in [1.29, 1.82) is 0 Å². The highest BCUT2D eigenvalue weighted by atomic mass is 79.9. The van der Waals surface area contributed by atoms with Crippen LogP contribution in [0.3, 0.4) is 0 Å². The molecule has 0 radical (unpaired) electrons. The molecule has 0 aliphatic carbocycles. The van der Waals surface area contributed by atoms with Crippen LogP contribution in [-0.2, 0) is 4.79 Å². The molecule has 0 spiro atoms. The fraction of sp³-hybridized carbons (Fsp3) is 0.286. The van der Waals surface area contributed by atoms with Crippen molar-refractivity contribution in [3.8, 4) is 0 Å². The summed E-state index contributed by atoms with van der Waals surface area (Å²) in [4.78, 5) is 41.7. The predicted octanol–water partition coefficient (Wildman–Crippen LogP) is 2.64. The van der Waals surface area contributed by atoms with Gasteiger partial charge in [-0.05, 0) is 43.7 Å². The molecule has 0 saturated carbocycles. The number of amides is 4. The summed E-state index contributed by atoms with van der Waals surface area (Å²) in [5.41, 5.74) is 4.89. The number of benzene rings is 1. The summed E-state index contributed by atoms with van der Waals surface area (Å²) in [6, 6.07) is 5.52. The van der Waals surface area contributed by atoms with E-state index < -0.39 is 0 Å². The van der Waals surface area contributed by atoms with E-state index >= 15 is 0 Å². The van der Waals surface area contributed by atoms with Crippen LogP contribution < -0.4 is 16.0 Å². The molecule has 4 rings (SSSR count). The Balaban J connectivity index is 1.53. The van der Waals surface area contributed by atoms with Crippen LogP contribution in [0.15, 0.2) is 22.7 Å². The maximum atomic E-state index is 12.7. The summed E-state index contributed by atoms with van der Waals surface area (Å²) in [5.74, 6) is -0.380. The lowest BCUT2D eigenvalue weighted by Gasteiger charge is -2.14. The topological polar surface area (TPSA) is 106 Å². The molecule has 1 fully saturated rings. The summed E-state index contributed by atoms with van der Waals surface area (Å²) >= 11 is 3.44. The molecular formula is C21H22BrN5O3. The van der Waals surface area contributed by atoms with Crippen molar-refractivity contribution in [2.24, 2.45) is 0 Å². The lowest BCUT2D eigenvalue weighted by Crippen LogP contribution is -2.37. The molecule has 1 aromatic carbocycles. The minimum Gasteiger partial charge on any atom is -0.358 e. The Morgan fingerprint density at radius 3 is 2.83 bits per heavy atom. The summed E-state index contributed by atoms with van der Waals surface area (Å²) < 4.78 is 0.884. The Morgan fingerprint density at radius 2 is 2.10 bits per heavy atom. The van der Waals surface area contributed by atoms with Crippen LogP contribution in [0.2, 0.25) is 0 Å². The zero-order valence-corrected chi connectivity index (χ0v) is 18.3. The van der Waals surface area contributed by atoms with E-state index in [4.69, 9.17) is 0 Å². The largest absolute Gasteiger partial charge is 0.358 e. The third-order valence-electron chi connectivity index (χ3n) is 5.37. The molecule has 1 saturated heterocycles. The molecule has 1 aromatic heterocycles. The zero-order valence-electron chi connectivity index (χ0n) is 16.7. The van der Waals surface area contributed by atoms with Crippen molar-refractivity contribution in [3.05, 3.63) is 50.8 Å². The van der Waals surface area contributed by atoms with E-state index in [2.05, 4.69) is 36.9 Å². The highest BCUT2D eigenvalue weighted by Crippen LogP contribution is 2.35. The molecular weight excluding hydrogens is 450 g/mol. The number of carbonyl (C=O) groups is 3. The van der Waals surface area contributed by atoms with E-state index in [1.165, 1.54) is 0 Å². The Hall–Kier alpha value is -3.07. The van der Waals surface area contributed by atoms with Crippen LogP contribution in [0.5, 0.6) is 0 Å². The van der Waals surface area contributed by atoms with Gasteiger partial charge in [-0.15, -0.1) is 0 Å². The van der Waals surface area contributed by atoms with E-state index in [0.29, 0.717) is 37.3 Å². The van der Waals surface area contributed by atoms with Gasteiger partial charge >= 0.3 is 6.03 Å². The van der Waals surface area contributed by atoms with Gasteiger partial charge in [0.25, 0.3) is 11.8 Å². The second-order valence-corrected chi connectivity index (χ2v) is 8.26. The number of rotatable bonds is 5. The van der Waals surface area contributed by atoms with Gasteiger partial charge in [0.2, 0.25) is 0 Å². The zero-order chi connectivity index (χ0) is 21.4. The van der Waals surface area contributed by atoms with Crippen LogP contribution in [0, 0.1) is 13.8 Å². The normalized spacial score (nSPS) is 16.6. The molecule has 0 atom stereocenters. The smallest absolute Gasteiger partial charge is 0.317 e. The van der Waals surface area contributed by atoms with Crippen molar-refractivity contribution in [2.45, 2.75) is 13.8 Å². The monoisotopic (exact) mass is 471 g/mol. The minimum atomic E-state index is -0.204. The maximum absolute atomic E-state index is 12.7. The first-order valence-electron chi connectivity index (χ1n) is 9.68. The quantitative estimate of drug-likeness (QED) is 0.503. The second kappa shape index (κ2) is 7.98. The standard InChI is InChI=1S/C21H22BrN5O3/c1-11-17(10-15-14-9-13(22)3-4-16(14)26-19(15)28)25-12(2)18(11)20(29)23-5-7-27-8-6-24-21(27)30/h3-4,9-10,25H,5-8H2,1-2H3,(H,23,29)(H,24,30)(H,26,28)/b15-10-. The Bertz CT molecular complexity index is 1090. The highest BCUT2D eigenvalue weighted by Gasteiger charge is 2.26. The van der Waals surface area contributed by atoms with Crippen LogP contribution in [0.25, 0.3) is 11.6 Å². The number of carbonyl (C=O) groups excluding carboxylic acids is 3. The number of aromatic amines is 1. The van der Waals surface area contributed by atoms with Gasteiger partial charge in [-0.1, -0.05) is 15.9 Å². The first-order chi connectivity index (χ1) is 14.3. The number of hydrogen-bond donors (Lipinski definition) is 4. The number of halogens is 1.